The van der Waals surface area contributed by atoms with Crippen LogP contribution < -0.4 is 4.72 Å². The molecule has 0 aromatic heterocycles. The highest BCUT2D eigenvalue weighted by Crippen LogP contribution is 2.15. The van der Waals surface area contributed by atoms with Gasteiger partial charge in [0.2, 0.25) is 10.0 Å². The Bertz CT molecular complexity index is 496. The Morgan fingerprint density at radius 2 is 1.71 bits per heavy atom. The second-order valence-corrected chi connectivity index (χ2v) is 4.90. The Labute approximate surface area is 95.5 Å². The van der Waals surface area contributed by atoms with Gasteiger partial charge in [-0.05, 0) is 5.56 Å². The van der Waals surface area contributed by atoms with Crippen molar-refractivity contribution in [1.29, 1.82) is 0 Å². The molecule has 0 saturated heterocycles. The molecular weight excluding hydrogens is 259 g/mol. The summed E-state index contributed by atoms with van der Waals surface area (Å²) < 4.78 is 58.9. The van der Waals surface area contributed by atoms with E-state index in [-0.39, 0.29) is 5.56 Å². The van der Waals surface area contributed by atoms with Gasteiger partial charge in [-0.15, -0.1) is 0 Å². The number of alkyl halides is 3. The summed E-state index contributed by atoms with van der Waals surface area (Å²) in [7, 11) is -4.34. The van der Waals surface area contributed by atoms with E-state index in [4.69, 9.17) is 0 Å². The average molecular weight is 267 g/mol. The van der Waals surface area contributed by atoms with Crippen LogP contribution in [0.25, 0.3) is 0 Å². The Morgan fingerprint density at radius 1 is 1.18 bits per heavy atom. The molecule has 94 valence electrons. The maximum absolute atomic E-state index is 11.8. The van der Waals surface area contributed by atoms with Gasteiger partial charge in [0.1, 0.15) is 0 Å². The first-order valence-electron chi connectivity index (χ1n) is 4.36. The molecule has 0 unspecified atom stereocenters. The van der Waals surface area contributed by atoms with Gasteiger partial charge in [-0.3, -0.25) is 4.79 Å². The molecule has 0 heterocycles. The number of amides is 1. The number of rotatable bonds is 3. The van der Waals surface area contributed by atoms with Gasteiger partial charge in [0, 0.05) is 0 Å². The molecule has 8 heteroatoms. The molecule has 0 aliphatic rings. The zero-order valence-electron chi connectivity index (χ0n) is 8.36. The number of hydrogen-bond donors (Lipinski definition) is 1. The van der Waals surface area contributed by atoms with Crippen LogP contribution in [0.5, 0.6) is 0 Å². The third kappa shape index (κ3) is 4.43. The Morgan fingerprint density at radius 3 is 2.18 bits per heavy atom. The van der Waals surface area contributed by atoms with Crippen LogP contribution in [0.15, 0.2) is 30.3 Å². The lowest BCUT2D eigenvalue weighted by molar-refractivity contribution is -0.171. The second kappa shape index (κ2) is 4.74. The van der Waals surface area contributed by atoms with E-state index in [0.29, 0.717) is 0 Å². The summed E-state index contributed by atoms with van der Waals surface area (Å²) in [6.07, 6.45) is -5.22. The predicted octanol–water partition coefficient (Wildman–Crippen LogP) is 1.19. The highest BCUT2D eigenvalue weighted by Gasteiger charge is 2.40. The number of nitrogens with one attached hydrogen (secondary N) is 1. The van der Waals surface area contributed by atoms with Crippen molar-refractivity contribution in [3.05, 3.63) is 35.9 Å². The van der Waals surface area contributed by atoms with E-state index in [1.54, 1.807) is 6.07 Å². The van der Waals surface area contributed by atoms with Gasteiger partial charge in [-0.1, -0.05) is 30.3 Å². The van der Waals surface area contributed by atoms with Gasteiger partial charge >= 0.3 is 12.1 Å². The fraction of sp³-hybridized carbons (Fsp3) is 0.222. The SMILES string of the molecule is O=C(NS(=O)(=O)Cc1ccccc1)C(F)(F)F. The molecule has 0 spiro atoms. The summed E-state index contributed by atoms with van der Waals surface area (Å²) in [6, 6.07) is 7.56. The Balaban J connectivity index is 2.75. The maximum atomic E-state index is 11.8. The standard InChI is InChI=1S/C9H8F3NO3S/c10-9(11,12)8(14)13-17(15,16)6-7-4-2-1-3-5-7/h1-5H,6H2,(H,13,14). The minimum atomic E-state index is -5.22. The zero-order valence-corrected chi connectivity index (χ0v) is 9.18. The van der Waals surface area contributed by atoms with Crippen LogP contribution in [0, 0.1) is 0 Å². The molecule has 0 aliphatic carbocycles. The fourth-order valence-electron chi connectivity index (χ4n) is 1.03. The monoisotopic (exact) mass is 267 g/mol. The van der Waals surface area contributed by atoms with Crippen LogP contribution >= 0.6 is 0 Å². The van der Waals surface area contributed by atoms with Crippen LogP contribution in [0.3, 0.4) is 0 Å². The van der Waals surface area contributed by atoms with Crippen molar-refractivity contribution in [2.24, 2.45) is 0 Å². The van der Waals surface area contributed by atoms with Crippen LogP contribution in [0.2, 0.25) is 0 Å². The number of benzene rings is 1. The van der Waals surface area contributed by atoms with E-state index in [1.807, 2.05) is 0 Å². The average Bonchev–Trinajstić information content (AvgIpc) is 2.16. The molecular formula is C9H8F3NO3S. The van der Waals surface area contributed by atoms with Crippen molar-refractivity contribution in [1.82, 2.24) is 4.72 Å². The summed E-state index contributed by atoms with van der Waals surface area (Å²) in [6.45, 7) is 0. The number of carbonyl (C=O) groups is 1. The second-order valence-electron chi connectivity index (χ2n) is 3.17. The number of sulfonamides is 1. The molecule has 0 saturated carbocycles. The lowest BCUT2D eigenvalue weighted by atomic mass is 10.2. The van der Waals surface area contributed by atoms with Crippen LogP contribution in [-0.2, 0) is 20.6 Å². The molecule has 1 amide bonds. The molecule has 1 aromatic rings. The van der Waals surface area contributed by atoms with Gasteiger partial charge < -0.3 is 0 Å². The summed E-state index contributed by atoms with van der Waals surface area (Å²) in [5, 5.41) is 0. The summed E-state index contributed by atoms with van der Waals surface area (Å²) in [4.78, 5) is 10.5. The first-order chi connectivity index (χ1) is 7.71. The van der Waals surface area contributed by atoms with E-state index < -0.39 is 27.9 Å². The van der Waals surface area contributed by atoms with E-state index >= 15 is 0 Å². The fourth-order valence-corrected chi connectivity index (χ4v) is 2.13. The van der Waals surface area contributed by atoms with Crippen molar-refractivity contribution in [3.63, 3.8) is 0 Å². The predicted molar refractivity (Wildman–Crippen MR) is 53.3 cm³/mol. The molecule has 0 bridgehead atoms. The van der Waals surface area contributed by atoms with Gasteiger partial charge in [-0.25, -0.2) is 13.1 Å². The minimum Gasteiger partial charge on any atom is -0.263 e. The van der Waals surface area contributed by atoms with Crippen LogP contribution in [0.1, 0.15) is 5.56 Å². The lowest BCUT2D eigenvalue weighted by Gasteiger charge is -2.08. The molecule has 0 aliphatic heterocycles. The van der Waals surface area contributed by atoms with E-state index in [1.165, 1.54) is 24.3 Å². The highest BCUT2D eigenvalue weighted by atomic mass is 32.2. The normalized spacial score (nSPS) is 12.2. The Hall–Kier alpha value is -1.57. The number of hydrogen-bond acceptors (Lipinski definition) is 3. The molecule has 1 aromatic carbocycles. The van der Waals surface area contributed by atoms with Gasteiger partial charge in [0.05, 0.1) is 5.75 Å². The minimum absolute atomic E-state index is 0.287. The third-order valence-corrected chi connectivity index (χ3v) is 2.91. The molecule has 0 atom stereocenters. The summed E-state index contributed by atoms with van der Waals surface area (Å²) >= 11 is 0. The van der Waals surface area contributed by atoms with Crippen LogP contribution in [-0.4, -0.2) is 20.5 Å². The first kappa shape index (κ1) is 13.5. The van der Waals surface area contributed by atoms with Gasteiger partial charge in [0.15, 0.2) is 0 Å². The van der Waals surface area contributed by atoms with Crippen LogP contribution in [0.4, 0.5) is 13.2 Å². The molecule has 0 radical (unpaired) electrons. The van der Waals surface area contributed by atoms with E-state index in [9.17, 15) is 26.4 Å². The topological polar surface area (TPSA) is 63.2 Å². The van der Waals surface area contributed by atoms with Crippen molar-refractivity contribution in [3.8, 4) is 0 Å². The zero-order chi connectivity index (χ0) is 13.1. The third-order valence-electron chi connectivity index (χ3n) is 1.71. The van der Waals surface area contributed by atoms with E-state index in [2.05, 4.69) is 0 Å². The summed E-state index contributed by atoms with van der Waals surface area (Å²) in [5.74, 6) is -3.18. The number of halogens is 3. The van der Waals surface area contributed by atoms with Crippen molar-refractivity contribution in [2.75, 3.05) is 0 Å². The summed E-state index contributed by atoms with van der Waals surface area (Å²) in [5.41, 5.74) is 0.287. The van der Waals surface area contributed by atoms with Gasteiger partial charge in [0.25, 0.3) is 0 Å². The Kier molecular flexibility index (Phi) is 3.76. The highest BCUT2D eigenvalue weighted by molar-refractivity contribution is 7.89. The molecule has 1 N–H and O–H groups in total. The smallest absolute Gasteiger partial charge is 0.263 e. The number of carbonyl (C=O) groups excluding carboxylic acids is 1. The first-order valence-corrected chi connectivity index (χ1v) is 6.01. The molecule has 17 heavy (non-hydrogen) atoms. The van der Waals surface area contributed by atoms with Crippen molar-refractivity contribution >= 4 is 15.9 Å². The van der Waals surface area contributed by atoms with E-state index in [0.717, 1.165) is 4.72 Å². The maximum Gasteiger partial charge on any atom is 0.472 e. The van der Waals surface area contributed by atoms with Crippen molar-refractivity contribution in [2.45, 2.75) is 11.9 Å². The van der Waals surface area contributed by atoms with Gasteiger partial charge in [-0.2, -0.15) is 13.2 Å². The molecule has 1 rings (SSSR count). The molecule has 4 nitrogen and oxygen atoms in total. The lowest BCUT2D eigenvalue weighted by Crippen LogP contribution is -2.41. The van der Waals surface area contributed by atoms with Crippen molar-refractivity contribution < 1.29 is 26.4 Å². The quantitative estimate of drug-likeness (QED) is 0.894. The largest absolute Gasteiger partial charge is 0.472 e. The molecule has 0 fully saturated rings.